The average molecular weight is 457 g/mol. The van der Waals surface area contributed by atoms with E-state index in [0.29, 0.717) is 11.1 Å². The molecule has 0 radical (unpaired) electrons. The van der Waals surface area contributed by atoms with E-state index in [1.165, 1.54) is 0 Å². The summed E-state index contributed by atoms with van der Waals surface area (Å²) in [6.45, 7) is 21.2. The molecule has 0 bridgehead atoms. The number of aryl methyl sites for hydroxylation is 1. The predicted octanol–water partition coefficient (Wildman–Crippen LogP) is 7.19. The lowest BCUT2D eigenvalue weighted by atomic mass is 9.89. The maximum atomic E-state index is 13.5. The first-order valence-corrected chi connectivity index (χ1v) is 11.4. The van der Waals surface area contributed by atoms with Gasteiger partial charge in [0.1, 0.15) is 11.2 Å². The maximum Gasteiger partial charge on any atom is 0.193 e. The minimum atomic E-state index is -0.724. The first-order valence-electron chi connectivity index (χ1n) is 11.4. The van der Waals surface area contributed by atoms with Crippen LogP contribution in [0.15, 0.2) is 42.5 Å². The van der Waals surface area contributed by atoms with Gasteiger partial charge in [-0.05, 0) is 105 Å². The molecule has 0 unspecified atom stereocenters. The van der Waals surface area contributed by atoms with Crippen LogP contribution >= 0.6 is 0 Å². The van der Waals surface area contributed by atoms with Crippen LogP contribution in [0.25, 0.3) is 0 Å². The third kappa shape index (κ3) is 7.75. The Kier molecular flexibility index (Phi) is 7.97. The standard InChI is InChI=1S/C28H40O5/c1-19-15-16-22(28(10,11)33-31-26(5,6)7)18-23(19)24(29)20-13-12-14-21(17-20)27(8,9)32-30-25(2,3)4/h12-18H,1-11H3. The van der Waals surface area contributed by atoms with Crippen molar-refractivity contribution in [2.24, 2.45) is 0 Å². The Morgan fingerprint density at radius 3 is 1.61 bits per heavy atom. The molecule has 182 valence electrons. The van der Waals surface area contributed by atoms with E-state index in [1.807, 2.05) is 119 Å². The quantitative estimate of drug-likeness (QED) is 0.239. The fraction of sp³-hybridized carbons (Fsp3) is 0.536. The predicted molar refractivity (Wildman–Crippen MR) is 131 cm³/mol. The van der Waals surface area contributed by atoms with Crippen LogP contribution in [0.5, 0.6) is 0 Å². The topological polar surface area (TPSA) is 54.0 Å². The van der Waals surface area contributed by atoms with Crippen LogP contribution in [-0.4, -0.2) is 17.0 Å². The molecule has 2 aromatic rings. The van der Waals surface area contributed by atoms with Gasteiger partial charge in [-0.15, -0.1) is 0 Å². The van der Waals surface area contributed by atoms with Gasteiger partial charge in [0.2, 0.25) is 0 Å². The molecule has 5 heteroatoms. The number of rotatable bonds is 8. The normalized spacial score (nSPS) is 13.3. The minimum Gasteiger partial charge on any atom is -0.289 e. The molecule has 0 spiro atoms. The Morgan fingerprint density at radius 1 is 0.636 bits per heavy atom. The SMILES string of the molecule is Cc1ccc(C(C)(C)OOC(C)(C)C)cc1C(=O)c1cccc(C(C)(C)OOC(C)(C)C)c1. The van der Waals surface area contributed by atoms with Crippen molar-refractivity contribution in [2.75, 3.05) is 0 Å². The van der Waals surface area contributed by atoms with Crippen LogP contribution in [0.4, 0.5) is 0 Å². The Bertz CT molecular complexity index is 975. The zero-order valence-corrected chi connectivity index (χ0v) is 22.1. The number of benzene rings is 2. The molecule has 0 aliphatic rings. The Morgan fingerprint density at radius 2 is 1.12 bits per heavy atom. The Balaban J connectivity index is 2.35. The largest absolute Gasteiger partial charge is 0.289 e. The van der Waals surface area contributed by atoms with Gasteiger partial charge in [0.15, 0.2) is 5.78 Å². The van der Waals surface area contributed by atoms with Crippen molar-refractivity contribution in [2.45, 2.75) is 98.6 Å². The Hall–Kier alpha value is -2.05. The van der Waals surface area contributed by atoms with Gasteiger partial charge in [-0.3, -0.25) is 4.79 Å². The van der Waals surface area contributed by atoms with Crippen LogP contribution < -0.4 is 0 Å². The van der Waals surface area contributed by atoms with E-state index in [4.69, 9.17) is 19.6 Å². The highest BCUT2D eigenvalue weighted by Crippen LogP contribution is 2.31. The van der Waals surface area contributed by atoms with E-state index in [9.17, 15) is 4.79 Å². The Labute approximate surface area is 199 Å². The van der Waals surface area contributed by atoms with Gasteiger partial charge >= 0.3 is 0 Å². The zero-order chi connectivity index (χ0) is 25.2. The highest BCUT2D eigenvalue weighted by atomic mass is 17.2. The number of hydrogen-bond donors (Lipinski definition) is 0. The lowest BCUT2D eigenvalue weighted by Crippen LogP contribution is -2.29. The summed E-state index contributed by atoms with van der Waals surface area (Å²) in [7, 11) is 0. The molecule has 0 N–H and O–H groups in total. The van der Waals surface area contributed by atoms with Crippen LogP contribution in [0.1, 0.15) is 102 Å². The van der Waals surface area contributed by atoms with Gasteiger partial charge < -0.3 is 0 Å². The molecule has 5 nitrogen and oxygen atoms in total. The molecule has 0 aromatic heterocycles. The highest BCUT2D eigenvalue weighted by Gasteiger charge is 2.29. The number of hydrogen-bond acceptors (Lipinski definition) is 5. The fourth-order valence-corrected chi connectivity index (χ4v) is 2.99. The summed E-state index contributed by atoms with van der Waals surface area (Å²) in [5.74, 6) is -0.0590. The van der Waals surface area contributed by atoms with E-state index in [-0.39, 0.29) is 5.78 Å². The molecule has 0 amide bonds. The fourth-order valence-electron chi connectivity index (χ4n) is 2.99. The van der Waals surface area contributed by atoms with E-state index in [2.05, 4.69) is 0 Å². The lowest BCUT2D eigenvalue weighted by Gasteiger charge is -2.29. The maximum absolute atomic E-state index is 13.5. The van der Waals surface area contributed by atoms with E-state index in [0.717, 1.165) is 16.7 Å². The molecule has 0 aliphatic carbocycles. The first-order chi connectivity index (χ1) is 14.9. The van der Waals surface area contributed by atoms with Crippen LogP contribution in [0.3, 0.4) is 0 Å². The van der Waals surface area contributed by atoms with Crippen LogP contribution in [0, 0.1) is 6.92 Å². The highest BCUT2D eigenvalue weighted by molar-refractivity contribution is 6.10. The first kappa shape index (κ1) is 27.2. The summed E-state index contributed by atoms with van der Waals surface area (Å²) in [6.07, 6.45) is 0. The molecule has 0 heterocycles. The average Bonchev–Trinajstić information content (AvgIpc) is 2.70. The van der Waals surface area contributed by atoms with Crippen molar-refractivity contribution in [3.63, 3.8) is 0 Å². The van der Waals surface area contributed by atoms with Crippen LogP contribution in [0.2, 0.25) is 0 Å². The van der Waals surface area contributed by atoms with E-state index in [1.54, 1.807) is 0 Å². The van der Waals surface area contributed by atoms with Gasteiger partial charge in [-0.25, -0.2) is 19.6 Å². The summed E-state index contributed by atoms with van der Waals surface area (Å²) in [6, 6.07) is 13.3. The van der Waals surface area contributed by atoms with Crippen molar-refractivity contribution in [3.8, 4) is 0 Å². The molecular weight excluding hydrogens is 416 g/mol. The molecule has 0 aliphatic heterocycles. The summed E-state index contributed by atoms with van der Waals surface area (Å²) in [5.41, 5.74) is 1.51. The van der Waals surface area contributed by atoms with Gasteiger partial charge in [0.05, 0.1) is 11.2 Å². The van der Waals surface area contributed by atoms with E-state index >= 15 is 0 Å². The molecule has 2 aromatic carbocycles. The molecule has 0 saturated heterocycles. The van der Waals surface area contributed by atoms with Gasteiger partial charge in [-0.1, -0.05) is 30.3 Å². The molecule has 0 fully saturated rings. The second-order valence-corrected chi connectivity index (χ2v) is 11.5. The molecular formula is C28H40O5. The molecule has 0 saturated carbocycles. The van der Waals surface area contributed by atoms with Crippen molar-refractivity contribution >= 4 is 5.78 Å². The second kappa shape index (κ2) is 9.67. The zero-order valence-electron chi connectivity index (χ0n) is 22.1. The molecule has 2 rings (SSSR count). The second-order valence-electron chi connectivity index (χ2n) is 11.5. The van der Waals surface area contributed by atoms with Crippen molar-refractivity contribution in [1.82, 2.24) is 0 Å². The third-order valence-corrected chi connectivity index (χ3v) is 5.00. The summed E-state index contributed by atoms with van der Waals surface area (Å²) in [5, 5.41) is 0. The van der Waals surface area contributed by atoms with Gasteiger partial charge in [0, 0.05) is 11.1 Å². The lowest BCUT2D eigenvalue weighted by molar-refractivity contribution is -0.401. The number of ketones is 1. The van der Waals surface area contributed by atoms with Crippen molar-refractivity contribution < 1.29 is 24.3 Å². The summed E-state index contributed by atoms with van der Waals surface area (Å²) in [4.78, 5) is 36.1. The molecule has 0 atom stereocenters. The van der Waals surface area contributed by atoms with Gasteiger partial charge in [0.25, 0.3) is 0 Å². The minimum absolute atomic E-state index is 0.0590. The van der Waals surface area contributed by atoms with E-state index < -0.39 is 22.4 Å². The molecule has 33 heavy (non-hydrogen) atoms. The number of carbonyl (C=O) groups excluding carboxylic acids is 1. The van der Waals surface area contributed by atoms with Crippen LogP contribution in [-0.2, 0) is 30.8 Å². The van der Waals surface area contributed by atoms with Crippen molar-refractivity contribution in [3.05, 3.63) is 70.3 Å². The summed E-state index contributed by atoms with van der Waals surface area (Å²) >= 11 is 0. The summed E-state index contributed by atoms with van der Waals surface area (Å²) < 4.78 is 0. The smallest absolute Gasteiger partial charge is 0.193 e. The number of carbonyl (C=O) groups is 1. The van der Waals surface area contributed by atoms with Crippen molar-refractivity contribution in [1.29, 1.82) is 0 Å². The third-order valence-electron chi connectivity index (χ3n) is 5.00. The monoisotopic (exact) mass is 456 g/mol. The van der Waals surface area contributed by atoms with Gasteiger partial charge in [-0.2, -0.15) is 0 Å².